The highest BCUT2D eigenvalue weighted by Gasteiger charge is 2.05. The second kappa shape index (κ2) is 3.93. The molecule has 0 saturated heterocycles. The van der Waals surface area contributed by atoms with Crippen LogP contribution in [0.2, 0.25) is 5.02 Å². The Kier molecular flexibility index (Phi) is 2.81. The third-order valence-electron chi connectivity index (χ3n) is 1.85. The van der Waals surface area contributed by atoms with Gasteiger partial charge in [0.1, 0.15) is 0 Å². The molecule has 0 amide bonds. The Morgan fingerprint density at radius 2 is 2.00 bits per heavy atom. The zero-order chi connectivity index (χ0) is 10.1. The quantitative estimate of drug-likeness (QED) is 0.773. The van der Waals surface area contributed by atoms with Crippen molar-refractivity contribution >= 4 is 44.6 Å². The molecular weight excluding hydrogens is 282 g/mol. The van der Waals surface area contributed by atoms with Crippen LogP contribution >= 0.6 is 38.9 Å². The molecule has 1 aromatic carbocycles. The fourth-order valence-corrected chi connectivity index (χ4v) is 2.83. The number of thiophene rings is 1. The fraction of sp³-hybridized carbons (Fsp3) is 0. The maximum atomic E-state index is 5.87. The highest BCUT2D eigenvalue weighted by Crippen LogP contribution is 2.35. The summed E-state index contributed by atoms with van der Waals surface area (Å²) in [5.41, 5.74) is 7.62. The maximum Gasteiger partial charge on any atom is 0.0705 e. The van der Waals surface area contributed by atoms with E-state index < -0.39 is 0 Å². The lowest BCUT2D eigenvalue weighted by molar-refractivity contribution is 1.67. The molecule has 0 radical (unpaired) electrons. The first-order valence-electron chi connectivity index (χ1n) is 3.97. The number of rotatable bonds is 1. The Hall–Kier alpha value is -0.510. The number of halogens is 2. The van der Waals surface area contributed by atoms with E-state index in [0.29, 0.717) is 10.7 Å². The maximum absolute atomic E-state index is 5.87. The van der Waals surface area contributed by atoms with E-state index in [1.807, 2.05) is 24.3 Å². The van der Waals surface area contributed by atoms with E-state index in [1.165, 1.54) is 0 Å². The SMILES string of the molecule is Nc1cc(Cl)ccc1-c1ccc(Br)s1. The van der Waals surface area contributed by atoms with E-state index in [4.69, 9.17) is 17.3 Å². The lowest BCUT2D eigenvalue weighted by Crippen LogP contribution is -1.87. The van der Waals surface area contributed by atoms with Crippen molar-refractivity contribution in [2.45, 2.75) is 0 Å². The Labute approximate surface area is 99.6 Å². The second-order valence-electron chi connectivity index (χ2n) is 2.84. The molecular formula is C10H7BrClNS. The normalized spacial score (nSPS) is 10.4. The number of nitrogen functional groups attached to an aromatic ring is 1. The van der Waals surface area contributed by atoms with Crippen LogP contribution < -0.4 is 5.73 Å². The van der Waals surface area contributed by atoms with Gasteiger partial charge in [0, 0.05) is 21.2 Å². The molecule has 0 unspecified atom stereocenters. The second-order valence-corrected chi connectivity index (χ2v) is 5.73. The van der Waals surface area contributed by atoms with E-state index in [1.54, 1.807) is 17.4 Å². The molecule has 0 bridgehead atoms. The summed E-state index contributed by atoms with van der Waals surface area (Å²) in [6.07, 6.45) is 0. The van der Waals surface area contributed by atoms with Gasteiger partial charge in [0.25, 0.3) is 0 Å². The van der Waals surface area contributed by atoms with Gasteiger partial charge >= 0.3 is 0 Å². The molecule has 1 aromatic heterocycles. The zero-order valence-electron chi connectivity index (χ0n) is 7.13. The highest BCUT2D eigenvalue weighted by molar-refractivity contribution is 9.11. The molecule has 0 aliphatic carbocycles. The Bertz CT molecular complexity index is 467. The standard InChI is InChI=1S/C10H7BrClNS/c11-10-4-3-9(14-10)7-2-1-6(12)5-8(7)13/h1-5H,13H2. The van der Waals surface area contributed by atoms with Crippen LogP contribution in [0.15, 0.2) is 34.1 Å². The first kappa shape index (κ1) is 10.0. The lowest BCUT2D eigenvalue weighted by atomic mass is 10.1. The molecule has 0 aliphatic rings. The number of anilines is 1. The summed E-state index contributed by atoms with van der Waals surface area (Å²) in [5, 5.41) is 0.668. The molecule has 14 heavy (non-hydrogen) atoms. The van der Waals surface area contributed by atoms with Crippen LogP contribution in [0.25, 0.3) is 10.4 Å². The average Bonchev–Trinajstić information content (AvgIpc) is 2.51. The summed E-state index contributed by atoms with van der Waals surface area (Å²) in [5.74, 6) is 0. The molecule has 1 nitrogen and oxygen atoms in total. The number of hydrogen-bond donors (Lipinski definition) is 1. The van der Waals surface area contributed by atoms with E-state index in [-0.39, 0.29) is 0 Å². The topological polar surface area (TPSA) is 26.0 Å². The third-order valence-corrected chi connectivity index (χ3v) is 3.74. The van der Waals surface area contributed by atoms with Gasteiger partial charge in [-0.2, -0.15) is 0 Å². The van der Waals surface area contributed by atoms with Gasteiger partial charge in [-0.15, -0.1) is 11.3 Å². The van der Waals surface area contributed by atoms with Gasteiger partial charge in [-0.3, -0.25) is 0 Å². The zero-order valence-corrected chi connectivity index (χ0v) is 10.3. The summed E-state index contributed by atoms with van der Waals surface area (Å²) in [7, 11) is 0. The van der Waals surface area contributed by atoms with Crippen molar-refractivity contribution < 1.29 is 0 Å². The monoisotopic (exact) mass is 287 g/mol. The van der Waals surface area contributed by atoms with E-state index >= 15 is 0 Å². The molecule has 72 valence electrons. The largest absolute Gasteiger partial charge is 0.398 e. The molecule has 4 heteroatoms. The van der Waals surface area contributed by atoms with Crippen LogP contribution in [0, 0.1) is 0 Å². The molecule has 0 saturated carbocycles. The first-order valence-corrected chi connectivity index (χ1v) is 5.96. The Morgan fingerprint density at radius 1 is 1.21 bits per heavy atom. The van der Waals surface area contributed by atoms with Gasteiger partial charge in [-0.1, -0.05) is 17.7 Å². The number of nitrogens with two attached hydrogens (primary N) is 1. The van der Waals surface area contributed by atoms with Crippen LogP contribution in [0.3, 0.4) is 0 Å². The van der Waals surface area contributed by atoms with Crippen molar-refractivity contribution in [3.05, 3.63) is 39.1 Å². The van der Waals surface area contributed by atoms with Crippen LogP contribution in [0.5, 0.6) is 0 Å². The molecule has 2 N–H and O–H groups in total. The van der Waals surface area contributed by atoms with Crippen molar-refractivity contribution in [2.75, 3.05) is 5.73 Å². The number of hydrogen-bond acceptors (Lipinski definition) is 2. The van der Waals surface area contributed by atoms with E-state index in [9.17, 15) is 0 Å². The minimum Gasteiger partial charge on any atom is -0.398 e. The summed E-state index contributed by atoms with van der Waals surface area (Å²) in [6.45, 7) is 0. The number of benzene rings is 1. The summed E-state index contributed by atoms with van der Waals surface area (Å²) >= 11 is 10.9. The molecule has 0 fully saturated rings. The van der Waals surface area contributed by atoms with Gasteiger partial charge in [-0.05, 0) is 40.2 Å². The van der Waals surface area contributed by atoms with Crippen LogP contribution in [-0.4, -0.2) is 0 Å². The summed E-state index contributed by atoms with van der Waals surface area (Å²) < 4.78 is 1.10. The summed E-state index contributed by atoms with van der Waals surface area (Å²) in [6, 6.07) is 9.60. The minimum absolute atomic E-state index is 0.668. The van der Waals surface area contributed by atoms with Gasteiger partial charge < -0.3 is 5.73 Å². The highest BCUT2D eigenvalue weighted by atomic mass is 79.9. The van der Waals surface area contributed by atoms with Crippen LogP contribution in [-0.2, 0) is 0 Å². The fourth-order valence-electron chi connectivity index (χ4n) is 1.22. The lowest BCUT2D eigenvalue weighted by Gasteiger charge is -2.02. The van der Waals surface area contributed by atoms with E-state index in [0.717, 1.165) is 14.2 Å². The van der Waals surface area contributed by atoms with Gasteiger partial charge in [0.2, 0.25) is 0 Å². The Balaban J connectivity index is 2.52. The van der Waals surface area contributed by atoms with Crippen molar-refractivity contribution in [3.8, 4) is 10.4 Å². The molecule has 0 aliphatic heterocycles. The predicted molar refractivity (Wildman–Crippen MR) is 66.9 cm³/mol. The van der Waals surface area contributed by atoms with Crippen molar-refractivity contribution in [3.63, 3.8) is 0 Å². The predicted octanol–water partition coefficient (Wildman–Crippen LogP) is 4.41. The summed E-state index contributed by atoms with van der Waals surface area (Å²) in [4.78, 5) is 1.14. The Morgan fingerprint density at radius 3 is 2.57 bits per heavy atom. The molecule has 2 aromatic rings. The van der Waals surface area contributed by atoms with Crippen molar-refractivity contribution in [1.29, 1.82) is 0 Å². The molecule has 2 rings (SSSR count). The van der Waals surface area contributed by atoms with Gasteiger partial charge in [0.15, 0.2) is 0 Å². The van der Waals surface area contributed by atoms with Crippen molar-refractivity contribution in [2.24, 2.45) is 0 Å². The van der Waals surface area contributed by atoms with Crippen LogP contribution in [0.1, 0.15) is 0 Å². The first-order chi connectivity index (χ1) is 6.66. The van der Waals surface area contributed by atoms with E-state index in [2.05, 4.69) is 15.9 Å². The minimum atomic E-state index is 0.668. The van der Waals surface area contributed by atoms with Gasteiger partial charge in [0.05, 0.1) is 3.79 Å². The smallest absolute Gasteiger partial charge is 0.0705 e. The van der Waals surface area contributed by atoms with Crippen molar-refractivity contribution in [1.82, 2.24) is 0 Å². The van der Waals surface area contributed by atoms with Gasteiger partial charge in [-0.25, -0.2) is 0 Å². The third kappa shape index (κ3) is 1.95. The van der Waals surface area contributed by atoms with Crippen LogP contribution in [0.4, 0.5) is 5.69 Å². The molecule has 0 atom stereocenters. The molecule has 1 heterocycles. The molecule has 0 spiro atoms. The average molecular weight is 289 g/mol.